The molecule has 0 radical (unpaired) electrons. The fraction of sp³-hybridized carbons (Fsp3) is 0.143. The van der Waals surface area contributed by atoms with Crippen molar-refractivity contribution in [1.82, 2.24) is 35.1 Å². The Morgan fingerprint density at radius 1 is 0.892 bits per heavy atom. The third-order valence-electron chi connectivity index (χ3n) is 6.17. The molecule has 6 aromatic rings. The van der Waals surface area contributed by atoms with Crippen LogP contribution in [0.5, 0.6) is 0 Å². The second-order valence-electron chi connectivity index (χ2n) is 9.88. The van der Waals surface area contributed by atoms with E-state index in [0.29, 0.717) is 22.9 Å². The summed E-state index contributed by atoms with van der Waals surface area (Å²) < 4.78 is 0. The molecule has 0 atom stereocenters. The molecule has 6 rings (SSSR count). The molecule has 5 heterocycles. The van der Waals surface area contributed by atoms with Gasteiger partial charge in [0.25, 0.3) is 0 Å². The maximum atomic E-state index is 12.4. The number of carbonyl (C=O) groups excluding carboxylic acids is 1. The number of hydrogen-bond donors (Lipinski definition) is 3. The molecule has 0 saturated heterocycles. The van der Waals surface area contributed by atoms with Crippen molar-refractivity contribution in [2.45, 2.75) is 20.8 Å². The molecule has 0 spiro atoms. The summed E-state index contributed by atoms with van der Waals surface area (Å²) in [6.07, 6.45) is 8.71. The predicted octanol–water partition coefficient (Wildman–Crippen LogP) is 5.61. The number of rotatable bonds is 4. The number of H-pyrrole nitrogens is 2. The molecule has 1 aromatic carbocycles. The standard InChI is InChI=1S/C28H24N8O/c1-28(2,3)27(37)32-19-12-18(14-30-15-19)17-4-5-22-21(13-17)24(36-35-22)26-33-23-20(8-11-31-25(23)34-26)16-6-9-29-10-7-16/h4-15H,1-3H3,(H,32,37)(H,35,36)(H,31,33,34). The number of hydrogen-bond acceptors (Lipinski definition) is 6. The number of carbonyl (C=O) groups is 1. The predicted molar refractivity (Wildman–Crippen MR) is 144 cm³/mol. The highest BCUT2D eigenvalue weighted by molar-refractivity contribution is 5.98. The van der Waals surface area contributed by atoms with Gasteiger partial charge < -0.3 is 10.3 Å². The lowest BCUT2D eigenvalue weighted by Crippen LogP contribution is -2.27. The van der Waals surface area contributed by atoms with Crippen molar-refractivity contribution in [3.8, 4) is 33.8 Å². The summed E-state index contributed by atoms with van der Waals surface area (Å²) in [7, 11) is 0. The first-order valence-corrected chi connectivity index (χ1v) is 11.9. The first-order chi connectivity index (χ1) is 17.9. The highest BCUT2D eigenvalue weighted by atomic mass is 16.2. The minimum atomic E-state index is -0.501. The fourth-order valence-electron chi connectivity index (χ4n) is 4.15. The van der Waals surface area contributed by atoms with Crippen LogP contribution in [-0.2, 0) is 4.79 Å². The SMILES string of the molecule is CC(C)(C)C(=O)Nc1cncc(-c2ccc3[nH]nc(-c4nc5c(-c6ccncc6)ccnc5[nH]4)c3c2)c1. The highest BCUT2D eigenvalue weighted by Gasteiger charge is 2.21. The van der Waals surface area contributed by atoms with Crippen molar-refractivity contribution in [1.29, 1.82) is 0 Å². The molecule has 0 aliphatic carbocycles. The molecule has 37 heavy (non-hydrogen) atoms. The number of imidazole rings is 1. The van der Waals surface area contributed by atoms with Gasteiger partial charge in [0.2, 0.25) is 5.91 Å². The van der Waals surface area contributed by atoms with E-state index in [4.69, 9.17) is 4.98 Å². The van der Waals surface area contributed by atoms with Gasteiger partial charge in [-0.2, -0.15) is 5.10 Å². The molecule has 0 unspecified atom stereocenters. The molecule has 0 aliphatic rings. The molecule has 9 heteroatoms. The van der Waals surface area contributed by atoms with Crippen LogP contribution in [0.4, 0.5) is 5.69 Å². The Morgan fingerprint density at radius 3 is 2.54 bits per heavy atom. The molecule has 0 aliphatic heterocycles. The number of amides is 1. The van der Waals surface area contributed by atoms with Gasteiger partial charge >= 0.3 is 0 Å². The monoisotopic (exact) mass is 488 g/mol. The fourth-order valence-corrected chi connectivity index (χ4v) is 4.15. The number of aromatic nitrogens is 7. The van der Waals surface area contributed by atoms with Crippen LogP contribution in [0.2, 0.25) is 0 Å². The Kier molecular flexibility index (Phi) is 5.26. The second-order valence-corrected chi connectivity index (χ2v) is 9.88. The number of nitrogens with one attached hydrogen (secondary N) is 3. The maximum Gasteiger partial charge on any atom is 0.229 e. The van der Waals surface area contributed by atoms with E-state index in [-0.39, 0.29) is 5.91 Å². The van der Waals surface area contributed by atoms with Crippen LogP contribution in [0.25, 0.3) is 55.8 Å². The van der Waals surface area contributed by atoms with E-state index >= 15 is 0 Å². The van der Waals surface area contributed by atoms with Gasteiger partial charge in [-0.1, -0.05) is 26.8 Å². The molecule has 1 amide bonds. The summed E-state index contributed by atoms with van der Waals surface area (Å²) in [5.74, 6) is 0.556. The van der Waals surface area contributed by atoms with Crippen molar-refractivity contribution in [3.05, 3.63) is 73.4 Å². The van der Waals surface area contributed by atoms with Crippen molar-refractivity contribution >= 4 is 33.7 Å². The summed E-state index contributed by atoms with van der Waals surface area (Å²) in [5, 5.41) is 11.5. The molecule has 0 fully saturated rings. The van der Waals surface area contributed by atoms with E-state index in [0.717, 1.165) is 38.7 Å². The van der Waals surface area contributed by atoms with Crippen LogP contribution >= 0.6 is 0 Å². The van der Waals surface area contributed by atoms with E-state index in [1.165, 1.54) is 0 Å². The average Bonchev–Trinajstić information content (AvgIpc) is 3.52. The number of nitrogens with zero attached hydrogens (tertiary/aromatic N) is 5. The van der Waals surface area contributed by atoms with Crippen molar-refractivity contribution in [3.63, 3.8) is 0 Å². The van der Waals surface area contributed by atoms with Crippen LogP contribution in [0.1, 0.15) is 20.8 Å². The lowest BCUT2D eigenvalue weighted by Gasteiger charge is -2.17. The Labute approximate surface area is 212 Å². The largest absolute Gasteiger partial charge is 0.324 e. The smallest absolute Gasteiger partial charge is 0.229 e. The molecular formula is C28H24N8O. The summed E-state index contributed by atoms with van der Waals surface area (Å²) in [5.41, 5.74) is 6.98. The first-order valence-electron chi connectivity index (χ1n) is 11.9. The Morgan fingerprint density at radius 2 is 1.73 bits per heavy atom. The zero-order valence-corrected chi connectivity index (χ0v) is 20.6. The van der Waals surface area contributed by atoms with Gasteiger partial charge in [-0.3, -0.25) is 19.9 Å². The zero-order valence-electron chi connectivity index (χ0n) is 20.6. The Hall–Kier alpha value is -4.92. The lowest BCUT2D eigenvalue weighted by atomic mass is 9.95. The van der Waals surface area contributed by atoms with Crippen LogP contribution < -0.4 is 5.32 Å². The zero-order chi connectivity index (χ0) is 25.6. The molecule has 182 valence electrons. The summed E-state index contributed by atoms with van der Waals surface area (Å²) in [6.45, 7) is 5.63. The van der Waals surface area contributed by atoms with E-state index in [1.807, 2.05) is 63.2 Å². The van der Waals surface area contributed by atoms with Crippen molar-refractivity contribution in [2.75, 3.05) is 5.32 Å². The lowest BCUT2D eigenvalue weighted by molar-refractivity contribution is -0.123. The third-order valence-corrected chi connectivity index (χ3v) is 6.17. The molecular weight excluding hydrogens is 464 g/mol. The second kappa shape index (κ2) is 8.63. The summed E-state index contributed by atoms with van der Waals surface area (Å²) in [6, 6.07) is 13.8. The van der Waals surface area contributed by atoms with Gasteiger partial charge in [-0.05, 0) is 47.5 Å². The number of pyridine rings is 3. The first kappa shape index (κ1) is 22.5. The van der Waals surface area contributed by atoms with Crippen LogP contribution in [-0.4, -0.2) is 41.0 Å². The van der Waals surface area contributed by atoms with Crippen LogP contribution in [0.15, 0.2) is 73.4 Å². The molecule has 9 nitrogen and oxygen atoms in total. The van der Waals surface area contributed by atoms with Crippen LogP contribution in [0.3, 0.4) is 0 Å². The summed E-state index contributed by atoms with van der Waals surface area (Å²) in [4.78, 5) is 33.6. The quantitative estimate of drug-likeness (QED) is 0.296. The maximum absolute atomic E-state index is 12.4. The average molecular weight is 489 g/mol. The molecule has 5 aromatic heterocycles. The van der Waals surface area contributed by atoms with Gasteiger partial charge in [0, 0.05) is 46.7 Å². The van der Waals surface area contributed by atoms with Gasteiger partial charge in [-0.25, -0.2) is 9.97 Å². The molecule has 0 saturated carbocycles. The topological polar surface area (TPSA) is 125 Å². The number of benzene rings is 1. The Balaban J connectivity index is 1.40. The number of anilines is 1. The van der Waals surface area contributed by atoms with Crippen LogP contribution in [0, 0.1) is 5.41 Å². The molecule has 3 N–H and O–H groups in total. The third kappa shape index (κ3) is 4.20. The van der Waals surface area contributed by atoms with Gasteiger partial charge in [0.1, 0.15) is 11.2 Å². The minimum Gasteiger partial charge on any atom is -0.324 e. The van der Waals surface area contributed by atoms with Gasteiger partial charge in [-0.15, -0.1) is 0 Å². The minimum absolute atomic E-state index is 0.0661. The highest BCUT2D eigenvalue weighted by Crippen LogP contribution is 2.33. The normalized spacial score (nSPS) is 11.8. The molecule has 0 bridgehead atoms. The number of aromatic amines is 2. The number of fused-ring (bicyclic) bond motifs is 2. The van der Waals surface area contributed by atoms with Gasteiger partial charge in [0.05, 0.1) is 17.4 Å². The van der Waals surface area contributed by atoms with Gasteiger partial charge in [0.15, 0.2) is 11.5 Å². The van der Waals surface area contributed by atoms with E-state index in [1.54, 1.807) is 31.0 Å². The van der Waals surface area contributed by atoms with Crippen molar-refractivity contribution in [2.24, 2.45) is 5.41 Å². The Bertz CT molecular complexity index is 1760. The van der Waals surface area contributed by atoms with E-state index in [2.05, 4.69) is 35.5 Å². The van der Waals surface area contributed by atoms with E-state index in [9.17, 15) is 4.79 Å². The van der Waals surface area contributed by atoms with E-state index < -0.39 is 5.41 Å². The summed E-state index contributed by atoms with van der Waals surface area (Å²) >= 11 is 0. The van der Waals surface area contributed by atoms with Crippen molar-refractivity contribution < 1.29 is 4.79 Å².